The topological polar surface area (TPSA) is 77.9 Å². The Hall–Kier alpha value is -1.41. The summed E-state index contributed by atoms with van der Waals surface area (Å²) in [5.74, 6) is -1.51. The van der Waals surface area contributed by atoms with E-state index in [1.54, 1.807) is 18.0 Å². The Morgan fingerprint density at radius 1 is 1.41 bits per heavy atom. The van der Waals surface area contributed by atoms with Crippen molar-refractivity contribution < 1.29 is 19.5 Å². The molecule has 2 rings (SSSR count). The molecule has 1 aliphatic rings. The van der Waals surface area contributed by atoms with Crippen LogP contribution >= 0.6 is 27.3 Å². The van der Waals surface area contributed by atoms with E-state index in [4.69, 9.17) is 5.11 Å². The van der Waals surface area contributed by atoms with E-state index in [1.807, 2.05) is 5.38 Å². The molecule has 0 saturated carbocycles. The lowest BCUT2D eigenvalue weighted by atomic mass is 9.97. The van der Waals surface area contributed by atoms with Crippen LogP contribution in [0.25, 0.3) is 0 Å². The Bertz CT molecular complexity index is 581. The van der Waals surface area contributed by atoms with Gasteiger partial charge in [-0.3, -0.25) is 14.4 Å². The molecule has 0 aromatic carbocycles. The SMILES string of the molecule is CN(CC(=O)N1CCC(C(=O)O)CC1)C(=O)c1cc(Br)cs1. The average Bonchev–Trinajstić information content (AvgIpc) is 2.92. The molecule has 1 fully saturated rings. The maximum absolute atomic E-state index is 12.2. The normalized spacial score (nSPS) is 15.6. The van der Waals surface area contributed by atoms with Crippen LogP contribution in [-0.4, -0.2) is 59.4 Å². The monoisotopic (exact) mass is 388 g/mol. The molecule has 1 aromatic rings. The third-order valence-electron chi connectivity index (χ3n) is 3.69. The molecule has 22 heavy (non-hydrogen) atoms. The van der Waals surface area contributed by atoms with Crippen molar-refractivity contribution in [1.29, 1.82) is 0 Å². The Balaban J connectivity index is 1.87. The minimum Gasteiger partial charge on any atom is -0.481 e. The summed E-state index contributed by atoms with van der Waals surface area (Å²) in [7, 11) is 1.60. The number of nitrogens with zero attached hydrogens (tertiary/aromatic N) is 2. The fraction of sp³-hybridized carbons (Fsp3) is 0.500. The van der Waals surface area contributed by atoms with E-state index in [0.29, 0.717) is 30.8 Å². The molecule has 120 valence electrons. The molecule has 0 aliphatic carbocycles. The smallest absolute Gasteiger partial charge is 0.306 e. The van der Waals surface area contributed by atoms with Crippen LogP contribution < -0.4 is 0 Å². The number of hydrogen-bond donors (Lipinski definition) is 1. The van der Waals surface area contributed by atoms with Crippen molar-refractivity contribution in [2.24, 2.45) is 5.92 Å². The Morgan fingerprint density at radius 2 is 2.05 bits per heavy atom. The van der Waals surface area contributed by atoms with Gasteiger partial charge in [0.25, 0.3) is 5.91 Å². The number of hydrogen-bond acceptors (Lipinski definition) is 4. The number of likely N-dealkylation sites (N-methyl/N-ethyl adjacent to an activating group) is 1. The molecular formula is C14H17BrN2O4S. The summed E-state index contributed by atoms with van der Waals surface area (Å²) in [6.45, 7) is 0.872. The van der Waals surface area contributed by atoms with Crippen LogP contribution in [0.5, 0.6) is 0 Å². The molecular weight excluding hydrogens is 372 g/mol. The minimum absolute atomic E-state index is 0.00604. The third kappa shape index (κ3) is 4.07. The number of carboxylic acid groups (broad SMARTS) is 1. The van der Waals surface area contributed by atoms with Gasteiger partial charge in [-0.15, -0.1) is 11.3 Å². The molecule has 1 N–H and O–H groups in total. The van der Waals surface area contributed by atoms with Gasteiger partial charge in [0.2, 0.25) is 5.91 Å². The van der Waals surface area contributed by atoms with Gasteiger partial charge in [-0.25, -0.2) is 0 Å². The predicted molar refractivity (Wildman–Crippen MR) is 85.9 cm³/mol. The van der Waals surface area contributed by atoms with Crippen LogP contribution in [0.1, 0.15) is 22.5 Å². The lowest BCUT2D eigenvalue weighted by Gasteiger charge is -2.31. The van der Waals surface area contributed by atoms with Gasteiger partial charge in [0.1, 0.15) is 0 Å². The van der Waals surface area contributed by atoms with Crippen LogP contribution in [0.4, 0.5) is 0 Å². The zero-order valence-electron chi connectivity index (χ0n) is 12.1. The first kappa shape index (κ1) is 17.0. The molecule has 0 unspecified atom stereocenters. The highest BCUT2D eigenvalue weighted by molar-refractivity contribution is 9.10. The summed E-state index contributed by atoms with van der Waals surface area (Å²) in [6, 6.07) is 1.73. The second-order valence-electron chi connectivity index (χ2n) is 5.28. The number of aliphatic carboxylic acids is 1. The number of piperidine rings is 1. The number of rotatable bonds is 4. The number of carboxylic acids is 1. The van der Waals surface area contributed by atoms with Gasteiger partial charge in [0, 0.05) is 30.0 Å². The fourth-order valence-electron chi connectivity index (χ4n) is 2.36. The molecule has 8 heteroatoms. The van der Waals surface area contributed by atoms with Crippen molar-refractivity contribution in [3.63, 3.8) is 0 Å². The van der Waals surface area contributed by atoms with Gasteiger partial charge in [0.05, 0.1) is 17.3 Å². The third-order valence-corrected chi connectivity index (χ3v) is 5.37. The van der Waals surface area contributed by atoms with Gasteiger partial charge in [-0.1, -0.05) is 0 Å². The lowest BCUT2D eigenvalue weighted by molar-refractivity contribution is -0.145. The molecule has 0 spiro atoms. The molecule has 1 aromatic heterocycles. The van der Waals surface area contributed by atoms with E-state index in [2.05, 4.69) is 15.9 Å². The Kier molecular flexibility index (Phi) is 5.57. The van der Waals surface area contributed by atoms with Crippen LogP contribution in [0, 0.1) is 5.92 Å². The first-order valence-corrected chi connectivity index (χ1v) is 8.56. The van der Waals surface area contributed by atoms with Crippen molar-refractivity contribution in [2.45, 2.75) is 12.8 Å². The van der Waals surface area contributed by atoms with E-state index in [-0.39, 0.29) is 24.3 Å². The molecule has 1 aliphatic heterocycles. The van der Waals surface area contributed by atoms with E-state index in [0.717, 1.165) is 4.47 Å². The average molecular weight is 389 g/mol. The summed E-state index contributed by atoms with van der Waals surface area (Å²) >= 11 is 4.62. The summed E-state index contributed by atoms with van der Waals surface area (Å²) < 4.78 is 0.844. The van der Waals surface area contributed by atoms with Gasteiger partial charge < -0.3 is 14.9 Å². The second-order valence-corrected chi connectivity index (χ2v) is 7.11. The molecule has 0 radical (unpaired) electrons. The molecule has 0 bridgehead atoms. The van der Waals surface area contributed by atoms with Crippen LogP contribution in [-0.2, 0) is 9.59 Å². The number of thiophene rings is 1. The van der Waals surface area contributed by atoms with E-state index >= 15 is 0 Å². The first-order valence-electron chi connectivity index (χ1n) is 6.88. The number of carbonyl (C=O) groups is 3. The molecule has 6 nitrogen and oxygen atoms in total. The second kappa shape index (κ2) is 7.23. The zero-order valence-corrected chi connectivity index (χ0v) is 14.5. The van der Waals surface area contributed by atoms with E-state index < -0.39 is 5.97 Å². The minimum atomic E-state index is -0.803. The van der Waals surface area contributed by atoms with E-state index in [9.17, 15) is 14.4 Å². The fourth-order valence-corrected chi connectivity index (χ4v) is 3.78. The van der Waals surface area contributed by atoms with Crippen molar-refractivity contribution >= 4 is 45.1 Å². The summed E-state index contributed by atoms with van der Waals surface area (Å²) in [5.41, 5.74) is 0. The van der Waals surface area contributed by atoms with Crippen molar-refractivity contribution in [2.75, 3.05) is 26.7 Å². The quantitative estimate of drug-likeness (QED) is 0.854. The zero-order chi connectivity index (χ0) is 16.3. The number of halogens is 1. The highest BCUT2D eigenvalue weighted by Crippen LogP contribution is 2.21. The molecule has 1 saturated heterocycles. The van der Waals surface area contributed by atoms with Crippen molar-refractivity contribution in [1.82, 2.24) is 9.80 Å². The van der Waals surface area contributed by atoms with Crippen LogP contribution in [0.2, 0.25) is 0 Å². The van der Waals surface area contributed by atoms with Crippen LogP contribution in [0.3, 0.4) is 0 Å². The standard InChI is InChI=1S/C14H17BrN2O4S/c1-16(13(19)11-6-10(15)8-22-11)7-12(18)17-4-2-9(3-5-17)14(20)21/h6,8-9H,2-5,7H2,1H3,(H,20,21). The summed E-state index contributed by atoms with van der Waals surface area (Å²) in [4.78, 5) is 38.9. The largest absolute Gasteiger partial charge is 0.481 e. The number of likely N-dealkylation sites (tertiary alicyclic amines) is 1. The number of amides is 2. The predicted octanol–water partition coefficient (Wildman–Crippen LogP) is 1.91. The van der Waals surface area contributed by atoms with Gasteiger partial charge >= 0.3 is 5.97 Å². The first-order chi connectivity index (χ1) is 10.4. The highest BCUT2D eigenvalue weighted by Gasteiger charge is 2.28. The number of carbonyl (C=O) groups excluding carboxylic acids is 2. The summed E-state index contributed by atoms with van der Waals surface area (Å²) in [5, 5.41) is 10.8. The maximum Gasteiger partial charge on any atom is 0.306 e. The van der Waals surface area contributed by atoms with Crippen LogP contribution in [0.15, 0.2) is 15.9 Å². The van der Waals surface area contributed by atoms with Crippen molar-refractivity contribution in [3.8, 4) is 0 Å². The lowest BCUT2D eigenvalue weighted by Crippen LogP contribution is -2.45. The molecule has 0 atom stereocenters. The van der Waals surface area contributed by atoms with Gasteiger partial charge in [-0.05, 0) is 34.8 Å². The van der Waals surface area contributed by atoms with E-state index in [1.165, 1.54) is 16.2 Å². The van der Waals surface area contributed by atoms with Crippen molar-refractivity contribution in [3.05, 3.63) is 20.8 Å². The maximum atomic E-state index is 12.2. The Labute approximate surface area is 140 Å². The Morgan fingerprint density at radius 3 is 2.55 bits per heavy atom. The van der Waals surface area contributed by atoms with Gasteiger partial charge in [0.15, 0.2) is 0 Å². The highest BCUT2D eigenvalue weighted by atomic mass is 79.9. The summed E-state index contributed by atoms with van der Waals surface area (Å²) in [6.07, 6.45) is 0.938. The molecule has 2 amide bonds. The molecule has 2 heterocycles. The van der Waals surface area contributed by atoms with Gasteiger partial charge in [-0.2, -0.15) is 0 Å².